The lowest BCUT2D eigenvalue weighted by Crippen LogP contribution is -2.35. The molecule has 0 amide bonds. The molecule has 1 aromatic rings. The first-order valence-corrected chi connectivity index (χ1v) is 8.83. The van der Waals surface area contributed by atoms with E-state index in [4.69, 9.17) is 0 Å². The largest absolute Gasteiger partial charge is 0.508 e. The first kappa shape index (κ1) is 19.5. The molecule has 22 heavy (non-hydrogen) atoms. The molecule has 2 nitrogen and oxygen atoms in total. The van der Waals surface area contributed by atoms with Gasteiger partial charge in [0, 0.05) is 6.04 Å². The molecule has 0 fully saturated rings. The minimum Gasteiger partial charge on any atom is -0.508 e. The van der Waals surface area contributed by atoms with Crippen molar-refractivity contribution in [2.45, 2.75) is 77.2 Å². The van der Waals surface area contributed by atoms with E-state index < -0.39 is 0 Å². The van der Waals surface area contributed by atoms with Crippen molar-refractivity contribution >= 4 is 17.0 Å². The number of hydrogen-bond acceptors (Lipinski definition) is 2. The van der Waals surface area contributed by atoms with Gasteiger partial charge in [0.2, 0.25) is 0 Å². The Hall–Kier alpha value is -0.540. The lowest BCUT2D eigenvalue weighted by Gasteiger charge is -2.25. The van der Waals surface area contributed by atoms with Gasteiger partial charge in [-0.05, 0) is 55.5 Å². The highest BCUT2D eigenvalue weighted by Crippen LogP contribution is 2.25. The third-order valence-corrected chi connectivity index (χ3v) is 4.63. The van der Waals surface area contributed by atoms with E-state index in [2.05, 4.69) is 18.3 Å². The third-order valence-electron chi connectivity index (χ3n) is 4.63. The molecule has 0 saturated heterocycles. The van der Waals surface area contributed by atoms with Crippen molar-refractivity contribution in [1.29, 1.82) is 0 Å². The highest BCUT2D eigenvalue weighted by atomic mass is 79.9. The lowest BCUT2D eigenvalue weighted by atomic mass is 9.88. The zero-order valence-corrected chi connectivity index (χ0v) is 15.7. The molecule has 1 aliphatic rings. The lowest BCUT2D eigenvalue weighted by molar-refractivity contribution is 0.441. The van der Waals surface area contributed by atoms with Gasteiger partial charge < -0.3 is 10.4 Å². The Morgan fingerprint density at radius 1 is 1.05 bits per heavy atom. The minimum absolute atomic E-state index is 0. The van der Waals surface area contributed by atoms with Crippen LogP contribution in [0.15, 0.2) is 18.2 Å². The average Bonchev–Trinajstić information content (AvgIpc) is 2.50. The van der Waals surface area contributed by atoms with Gasteiger partial charge in [0.25, 0.3) is 0 Å². The summed E-state index contributed by atoms with van der Waals surface area (Å²) in [4.78, 5) is 0. The van der Waals surface area contributed by atoms with Crippen molar-refractivity contribution in [3.8, 4) is 5.75 Å². The van der Waals surface area contributed by atoms with Crippen molar-refractivity contribution in [3.63, 3.8) is 0 Å². The van der Waals surface area contributed by atoms with Crippen molar-refractivity contribution in [1.82, 2.24) is 5.32 Å². The molecular weight excluding hydrogens is 338 g/mol. The summed E-state index contributed by atoms with van der Waals surface area (Å²) in [6.45, 7) is 3.43. The number of fused-ring (bicyclic) bond motifs is 1. The summed E-state index contributed by atoms with van der Waals surface area (Å²) in [5.41, 5.74) is 2.75. The smallest absolute Gasteiger partial charge is 0.115 e. The molecule has 1 aromatic carbocycles. The molecule has 2 rings (SSSR count). The van der Waals surface area contributed by atoms with E-state index in [1.807, 2.05) is 12.1 Å². The van der Waals surface area contributed by atoms with Crippen molar-refractivity contribution in [3.05, 3.63) is 29.3 Å². The second-order valence-corrected chi connectivity index (χ2v) is 6.47. The predicted octanol–water partition coefficient (Wildman–Crippen LogP) is 5.17. The van der Waals surface area contributed by atoms with Crippen molar-refractivity contribution < 1.29 is 5.11 Å². The molecule has 1 aliphatic carbocycles. The Morgan fingerprint density at radius 2 is 1.77 bits per heavy atom. The SMILES string of the molecule is Br.CCCCCCCCCNC1CCc2cc(O)ccc2C1. The predicted molar refractivity (Wildman–Crippen MR) is 100 cm³/mol. The Bertz CT molecular complexity index is 422. The Kier molecular flexibility index (Phi) is 9.81. The molecular formula is C19H32BrNO. The fourth-order valence-corrected chi connectivity index (χ4v) is 3.30. The second-order valence-electron chi connectivity index (χ2n) is 6.47. The van der Waals surface area contributed by atoms with E-state index in [1.54, 1.807) is 0 Å². The second kappa shape index (κ2) is 11.1. The van der Waals surface area contributed by atoms with Crippen LogP contribution in [0, 0.1) is 0 Å². The van der Waals surface area contributed by atoms with E-state index in [-0.39, 0.29) is 17.0 Å². The van der Waals surface area contributed by atoms with E-state index >= 15 is 0 Å². The highest BCUT2D eigenvalue weighted by Gasteiger charge is 2.17. The normalized spacial score (nSPS) is 16.9. The van der Waals surface area contributed by atoms with Crippen LogP contribution in [-0.2, 0) is 12.8 Å². The molecule has 1 atom stereocenters. The van der Waals surface area contributed by atoms with Crippen LogP contribution in [0.4, 0.5) is 0 Å². The zero-order valence-electron chi connectivity index (χ0n) is 13.9. The molecule has 0 aromatic heterocycles. The molecule has 0 aliphatic heterocycles. The van der Waals surface area contributed by atoms with Gasteiger partial charge in [-0.15, -0.1) is 17.0 Å². The maximum absolute atomic E-state index is 9.52. The average molecular weight is 370 g/mol. The number of rotatable bonds is 9. The van der Waals surface area contributed by atoms with Gasteiger partial charge in [-0.1, -0.05) is 51.5 Å². The summed E-state index contributed by atoms with van der Waals surface area (Å²) in [7, 11) is 0. The number of benzene rings is 1. The third kappa shape index (κ3) is 6.70. The van der Waals surface area contributed by atoms with E-state index in [0.717, 1.165) is 19.4 Å². The quantitative estimate of drug-likeness (QED) is 0.588. The van der Waals surface area contributed by atoms with E-state index in [9.17, 15) is 5.11 Å². The fraction of sp³-hybridized carbons (Fsp3) is 0.684. The molecule has 2 N–H and O–H groups in total. The van der Waals surface area contributed by atoms with Gasteiger partial charge in [0.15, 0.2) is 0 Å². The van der Waals surface area contributed by atoms with Crippen LogP contribution in [0.2, 0.25) is 0 Å². The molecule has 0 saturated carbocycles. The highest BCUT2D eigenvalue weighted by molar-refractivity contribution is 8.93. The molecule has 0 bridgehead atoms. The van der Waals surface area contributed by atoms with Crippen molar-refractivity contribution in [2.24, 2.45) is 0 Å². The fourth-order valence-electron chi connectivity index (χ4n) is 3.30. The number of aromatic hydroxyl groups is 1. The Labute approximate surface area is 146 Å². The molecule has 3 heteroatoms. The summed E-state index contributed by atoms with van der Waals surface area (Å²) >= 11 is 0. The van der Waals surface area contributed by atoms with E-state index in [1.165, 1.54) is 62.5 Å². The molecule has 0 heterocycles. The number of unbranched alkanes of at least 4 members (excludes halogenated alkanes) is 6. The van der Waals surface area contributed by atoms with Crippen LogP contribution >= 0.6 is 17.0 Å². The molecule has 126 valence electrons. The first-order chi connectivity index (χ1) is 10.3. The minimum atomic E-state index is 0. The van der Waals surface area contributed by atoms with Crippen LogP contribution in [0.5, 0.6) is 5.75 Å². The van der Waals surface area contributed by atoms with Crippen LogP contribution in [0.25, 0.3) is 0 Å². The van der Waals surface area contributed by atoms with Gasteiger partial charge >= 0.3 is 0 Å². The number of aryl methyl sites for hydroxylation is 1. The van der Waals surface area contributed by atoms with Gasteiger partial charge in [-0.3, -0.25) is 0 Å². The number of phenols is 1. The summed E-state index contributed by atoms with van der Waals surface area (Å²) in [6.07, 6.45) is 13.0. The summed E-state index contributed by atoms with van der Waals surface area (Å²) in [5.74, 6) is 0.406. The standard InChI is InChI=1S/C19H31NO.BrH/c1-2-3-4-5-6-7-8-13-20-18-11-9-17-15-19(21)12-10-16(17)14-18;/h10,12,15,18,20-21H,2-9,11,13-14H2,1H3;1H. The Balaban J connectivity index is 0.00000242. The molecule has 0 spiro atoms. The number of hydrogen-bond donors (Lipinski definition) is 2. The maximum Gasteiger partial charge on any atom is 0.115 e. The van der Waals surface area contributed by atoms with Gasteiger partial charge in [-0.2, -0.15) is 0 Å². The monoisotopic (exact) mass is 369 g/mol. The molecule has 0 radical (unpaired) electrons. The first-order valence-electron chi connectivity index (χ1n) is 8.83. The number of halogens is 1. The summed E-state index contributed by atoms with van der Waals surface area (Å²) in [5, 5.41) is 13.2. The van der Waals surface area contributed by atoms with Gasteiger partial charge in [0.05, 0.1) is 0 Å². The van der Waals surface area contributed by atoms with Crippen LogP contribution < -0.4 is 5.32 Å². The zero-order chi connectivity index (χ0) is 14.9. The summed E-state index contributed by atoms with van der Waals surface area (Å²) < 4.78 is 0. The van der Waals surface area contributed by atoms with Gasteiger partial charge in [0.1, 0.15) is 5.75 Å². The summed E-state index contributed by atoms with van der Waals surface area (Å²) in [6, 6.07) is 6.47. The van der Waals surface area contributed by atoms with E-state index in [0.29, 0.717) is 11.8 Å². The number of nitrogens with one attached hydrogen (secondary N) is 1. The van der Waals surface area contributed by atoms with Crippen LogP contribution in [0.3, 0.4) is 0 Å². The number of phenolic OH excluding ortho intramolecular Hbond substituents is 1. The van der Waals surface area contributed by atoms with Crippen LogP contribution in [-0.4, -0.2) is 17.7 Å². The Morgan fingerprint density at radius 3 is 2.55 bits per heavy atom. The van der Waals surface area contributed by atoms with Crippen molar-refractivity contribution in [2.75, 3.05) is 6.54 Å². The van der Waals surface area contributed by atoms with Crippen LogP contribution in [0.1, 0.15) is 69.4 Å². The van der Waals surface area contributed by atoms with Gasteiger partial charge in [-0.25, -0.2) is 0 Å². The molecule has 1 unspecified atom stereocenters. The maximum atomic E-state index is 9.52. The topological polar surface area (TPSA) is 32.3 Å².